The number of anilines is 1. The molecule has 33 heavy (non-hydrogen) atoms. The molecule has 178 valence electrons. The Morgan fingerprint density at radius 2 is 1.97 bits per heavy atom. The second-order valence-electron chi connectivity index (χ2n) is 7.75. The van der Waals surface area contributed by atoms with E-state index in [1.165, 1.54) is 18.3 Å². The molecular formula is C19H21F3N6O5. The van der Waals surface area contributed by atoms with Gasteiger partial charge in [-0.25, -0.2) is 4.79 Å². The Morgan fingerprint density at radius 3 is 2.64 bits per heavy atom. The smallest absolute Gasteiger partial charge is 0.444 e. The van der Waals surface area contributed by atoms with Crippen LogP contribution in [0.2, 0.25) is 0 Å². The zero-order valence-electron chi connectivity index (χ0n) is 17.3. The summed E-state index contributed by atoms with van der Waals surface area (Å²) >= 11 is 0. The van der Waals surface area contributed by atoms with Crippen LogP contribution in [-0.2, 0) is 6.54 Å². The third-order valence-electron chi connectivity index (χ3n) is 5.31. The Morgan fingerprint density at radius 1 is 1.24 bits per heavy atom. The van der Waals surface area contributed by atoms with Crippen molar-refractivity contribution < 1.29 is 32.4 Å². The molecule has 2 aliphatic heterocycles. The first-order valence-electron chi connectivity index (χ1n) is 10.1. The molecule has 0 spiro atoms. The fourth-order valence-electron chi connectivity index (χ4n) is 3.72. The van der Waals surface area contributed by atoms with Crippen LogP contribution in [-0.4, -0.2) is 76.0 Å². The van der Waals surface area contributed by atoms with Gasteiger partial charge in [-0.2, -0.15) is 0 Å². The first kappa shape index (κ1) is 22.6. The maximum absolute atomic E-state index is 12.3. The summed E-state index contributed by atoms with van der Waals surface area (Å²) in [6.45, 7) is 3.97. The summed E-state index contributed by atoms with van der Waals surface area (Å²) in [4.78, 5) is 30.3. The van der Waals surface area contributed by atoms with E-state index >= 15 is 0 Å². The molecule has 1 N–H and O–H groups in total. The number of rotatable bonds is 5. The van der Waals surface area contributed by atoms with E-state index in [0.717, 1.165) is 18.7 Å². The van der Waals surface area contributed by atoms with Crippen LogP contribution in [0.4, 0.5) is 29.5 Å². The highest BCUT2D eigenvalue weighted by molar-refractivity contribution is 5.89. The van der Waals surface area contributed by atoms with Crippen molar-refractivity contribution in [2.45, 2.75) is 12.9 Å². The van der Waals surface area contributed by atoms with E-state index in [-0.39, 0.29) is 29.5 Å². The number of nitrogens with zero attached hydrogens (tertiary/aromatic N) is 5. The van der Waals surface area contributed by atoms with Gasteiger partial charge in [-0.15, -0.1) is 13.2 Å². The molecule has 11 nitrogen and oxygen atoms in total. The number of hydrogen-bond acceptors (Lipinski definition) is 7. The number of aromatic nitrogens is 2. The van der Waals surface area contributed by atoms with Crippen molar-refractivity contribution in [1.29, 1.82) is 0 Å². The topological polar surface area (TPSA) is 115 Å². The molecule has 1 aromatic carbocycles. The van der Waals surface area contributed by atoms with Crippen LogP contribution >= 0.6 is 0 Å². The monoisotopic (exact) mass is 470 g/mol. The highest BCUT2D eigenvalue weighted by Crippen LogP contribution is 2.25. The minimum absolute atomic E-state index is 0.242. The molecule has 3 heterocycles. The molecule has 1 aromatic heterocycles. The molecular weight excluding hydrogens is 449 g/mol. The van der Waals surface area contributed by atoms with Crippen molar-refractivity contribution in [3.8, 4) is 11.8 Å². The Hall–Kier alpha value is -3.55. The SMILES string of the molecule is O=C(Nc1ccc(OC(F)(F)F)cc1)N1CC(CN2CCOc3nc([N+](=O)[O-])cn3CC2)C1. The van der Waals surface area contributed by atoms with Gasteiger partial charge in [0.25, 0.3) is 0 Å². The van der Waals surface area contributed by atoms with Crippen LogP contribution in [0, 0.1) is 16.0 Å². The predicted molar refractivity (Wildman–Crippen MR) is 108 cm³/mol. The number of nitro groups is 1. The van der Waals surface area contributed by atoms with Gasteiger partial charge in [0.15, 0.2) is 0 Å². The average Bonchev–Trinajstić information content (AvgIpc) is 3.08. The normalized spacial score (nSPS) is 17.2. The lowest BCUT2D eigenvalue weighted by atomic mass is 10.00. The fraction of sp³-hybridized carbons (Fsp3) is 0.474. The number of halogens is 3. The first-order valence-corrected chi connectivity index (χ1v) is 10.1. The maximum atomic E-state index is 12.3. The van der Waals surface area contributed by atoms with E-state index in [0.29, 0.717) is 45.0 Å². The lowest BCUT2D eigenvalue weighted by molar-refractivity contribution is -0.389. The lowest BCUT2D eigenvalue weighted by Gasteiger charge is -2.41. The van der Waals surface area contributed by atoms with E-state index < -0.39 is 11.3 Å². The molecule has 4 rings (SSSR count). The number of hydrogen-bond donors (Lipinski definition) is 1. The summed E-state index contributed by atoms with van der Waals surface area (Å²) in [5.74, 6) is -0.352. The number of benzene rings is 1. The molecule has 1 saturated heterocycles. The van der Waals surface area contributed by atoms with E-state index in [2.05, 4.69) is 19.9 Å². The number of urea groups is 1. The Balaban J connectivity index is 1.21. The first-order chi connectivity index (χ1) is 15.7. The van der Waals surface area contributed by atoms with Gasteiger partial charge in [-0.3, -0.25) is 9.47 Å². The number of carbonyl (C=O) groups is 1. The zero-order valence-corrected chi connectivity index (χ0v) is 17.3. The van der Waals surface area contributed by atoms with Crippen LogP contribution in [0.15, 0.2) is 30.5 Å². The standard InChI is InChI=1S/C19H21F3N6O5/c20-19(21,22)33-15-3-1-14(2-4-15)23-17(29)27-10-13(11-27)9-25-5-6-26-12-16(28(30)31)24-18(26)32-8-7-25/h1-4,12-13H,5-11H2,(H,23,29). The molecule has 0 radical (unpaired) electrons. The van der Waals surface area contributed by atoms with E-state index in [9.17, 15) is 28.1 Å². The van der Waals surface area contributed by atoms with Crippen molar-refractivity contribution in [1.82, 2.24) is 19.4 Å². The third-order valence-corrected chi connectivity index (χ3v) is 5.31. The molecule has 2 amide bonds. The van der Waals surface area contributed by atoms with Gasteiger partial charge in [-0.05, 0) is 29.2 Å². The highest BCUT2D eigenvalue weighted by atomic mass is 19.4. The van der Waals surface area contributed by atoms with Gasteiger partial charge in [-0.1, -0.05) is 0 Å². The fourth-order valence-corrected chi connectivity index (χ4v) is 3.72. The van der Waals surface area contributed by atoms with Gasteiger partial charge >= 0.3 is 24.2 Å². The molecule has 1 fully saturated rings. The van der Waals surface area contributed by atoms with E-state index in [1.807, 2.05) is 0 Å². The average molecular weight is 470 g/mol. The predicted octanol–water partition coefficient (Wildman–Crippen LogP) is 2.55. The van der Waals surface area contributed by atoms with Gasteiger partial charge in [0.05, 0.1) is 0 Å². The maximum Gasteiger partial charge on any atom is 0.573 e. The number of fused-ring (bicyclic) bond motifs is 1. The van der Waals surface area contributed by atoms with Crippen molar-refractivity contribution in [2.24, 2.45) is 5.92 Å². The summed E-state index contributed by atoms with van der Waals surface area (Å²) in [5, 5.41) is 13.5. The van der Waals surface area contributed by atoms with Crippen molar-refractivity contribution >= 4 is 17.5 Å². The molecule has 14 heteroatoms. The number of ether oxygens (including phenoxy) is 2. The van der Waals surface area contributed by atoms with Gasteiger partial charge < -0.3 is 29.8 Å². The second-order valence-corrected chi connectivity index (χ2v) is 7.75. The number of amides is 2. The summed E-state index contributed by atoms with van der Waals surface area (Å²) < 4.78 is 47.6. The van der Waals surface area contributed by atoms with Crippen molar-refractivity contribution in [3.63, 3.8) is 0 Å². The van der Waals surface area contributed by atoms with Crippen LogP contribution < -0.4 is 14.8 Å². The van der Waals surface area contributed by atoms with Crippen LogP contribution in [0.1, 0.15) is 0 Å². The molecule has 0 bridgehead atoms. The second kappa shape index (κ2) is 9.13. The van der Waals surface area contributed by atoms with Crippen LogP contribution in [0.3, 0.4) is 0 Å². The minimum atomic E-state index is -4.77. The lowest BCUT2D eigenvalue weighted by Crippen LogP contribution is -2.55. The van der Waals surface area contributed by atoms with Gasteiger partial charge in [0.2, 0.25) is 0 Å². The molecule has 0 aliphatic carbocycles. The Bertz CT molecular complexity index is 1010. The summed E-state index contributed by atoms with van der Waals surface area (Å²) in [7, 11) is 0. The number of carbonyl (C=O) groups excluding carboxylic acids is 1. The molecule has 2 aromatic rings. The number of nitrogens with one attached hydrogen (secondary N) is 1. The number of likely N-dealkylation sites (tertiary alicyclic amines) is 1. The van der Waals surface area contributed by atoms with Gasteiger partial charge in [0.1, 0.15) is 18.6 Å². The minimum Gasteiger partial charge on any atom is -0.444 e. The summed E-state index contributed by atoms with van der Waals surface area (Å²) in [6, 6.07) is 4.85. The highest BCUT2D eigenvalue weighted by Gasteiger charge is 2.33. The van der Waals surface area contributed by atoms with Crippen LogP contribution in [0.25, 0.3) is 0 Å². The summed E-state index contributed by atoms with van der Waals surface area (Å²) in [5.41, 5.74) is 0.365. The molecule has 0 saturated carbocycles. The Kier molecular flexibility index (Phi) is 6.26. The quantitative estimate of drug-likeness (QED) is 0.528. The molecule has 0 unspecified atom stereocenters. The summed E-state index contributed by atoms with van der Waals surface area (Å²) in [6.07, 6.45) is -3.41. The van der Waals surface area contributed by atoms with Crippen molar-refractivity contribution in [3.05, 3.63) is 40.6 Å². The largest absolute Gasteiger partial charge is 0.573 e. The molecule has 0 atom stereocenters. The molecule has 2 aliphatic rings. The van der Waals surface area contributed by atoms with Gasteiger partial charge in [0, 0.05) is 55.9 Å². The third kappa shape index (κ3) is 5.83. The van der Waals surface area contributed by atoms with E-state index in [1.54, 1.807) is 9.47 Å². The Labute approximate surface area is 185 Å². The van der Waals surface area contributed by atoms with E-state index in [4.69, 9.17) is 4.74 Å². The number of alkyl halides is 3. The van der Waals surface area contributed by atoms with Crippen LogP contribution in [0.5, 0.6) is 11.8 Å². The van der Waals surface area contributed by atoms with Crippen molar-refractivity contribution in [2.75, 3.05) is 44.6 Å². The number of imidazole rings is 1. The zero-order chi connectivity index (χ0) is 23.6.